The molecule has 118 valence electrons. The van der Waals surface area contributed by atoms with Crippen LogP contribution in [0.1, 0.15) is 25.2 Å². The molecule has 0 radical (unpaired) electrons. The number of hydrogen-bond donors (Lipinski definition) is 0. The third-order valence-corrected chi connectivity index (χ3v) is 3.69. The van der Waals surface area contributed by atoms with E-state index in [1.54, 1.807) is 0 Å². The Morgan fingerprint density at radius 3 is 2.50 bits per heavy atom. The van der Waals surface area contributed by atoms with Crippen LogP contribution in [0.5, 0.6) is 0 Å². The maximum atomic E-state index is 4.65. The van der Waals surface area contributed by atoms with Crippen LogP contribution in [0.3, 0.4) is 0 Å². The first-order valence-corrected chi connectivity index (χ1v) is 7.93. The van der Waals surface area contributed by atoms with Crippen LogP contribution < -0.4 is 0 Å². The summed E-state index contributed by atoms with van der Waals surface area (Å²) in [5, 5.41) is 1.20. The molecule has 4 heteroatoms. The predicted molar refractivity (Wildman–Crippen MR) is 94.4 cm³/mol. The van der Waals surface area contributed by atoms with Crippen LogP contribution in [0.2, 0.25) is 0 Å². The topological polar surface area (TPSA) is 34.0 Å². The zero-order valence-corrected chi connectivity index (χ0v) is 14.5. The van der Waals surface area contributed by atoms with Gasteiger partial charge in [0.1, 0.15) is 11.3 Å². The lowest BCUT2D eigenvalue weighted by atomic mass is 10.1. The quantitative estimate of drug-likeness (QED) is 0.738. The van der Waals surface area contributed by atoms with Crippen LogP contribution >= 0.6 is 0 Å². The van der Waals surface area contributed by atoms with Gasteiger partial charge in [-0.2, -0.15) is 0 Å². The number of fused-ring (bicyclic) bond motifs is 3. The maximum absolute atomic E-state index is 4.65. The highest BCUT2D eigenvalue weighted by Crippen LogP contribution is 2.25. The fraction of sp³-hybridized carbons (Fsp3) is 0.444. The first-order valence-electron chi connectivity index (χ1n) is 7.93. The zero-order chi connectivity index (χ0) is 16.3. The molecule has 0 amide bonds. The second kappa shape index (κ2) is 6.88. The molecule has 1 aromatic carbocycles. The number of hydrogen-bond acceptors (Lipinski definition) is 3. The van der Waals surface area contributed by atoms with E-state index in [0.717, 1.165) is 29.9 Å². The van der Waals surface area contributed by atoms with Gasteiger partial charge in [-0.05, 0) is 40.1 Å². The van der Waals surface area contributed by atoms with Crippen molar-refractivity contribution >= 4 is 21.9 Å². The summed E-state index contributed by atoms with van der Waals surface area (Å²) in [6, 6.07) is 6.40. The first-order chi connectivity index (χ1) is 10.6. The monoisotopic (exact) mass is 298 g/mol. The third-order valence-electron chi connectivity index (χ3n) is 3.69. The number of pyridine rings is 1. The van der Waals surface area contributed by atoms with Crippen molar-refractivity contribution in [3.05, 3.63) is 35.8 Å². The number of benzene rings is 1. The van der Waals surface area contributed by atoms with Crippen LogP contribution in [0.25, 0.3) is 21.9 Å². The first kappa shape index (κ1) is 16.4. The summed E-state index contributed by atoms with van der Waals surface area (Å²) in [6.07, 6.45) is 1.88. The summed E-state index contributed by atoms with van der Waals surface area (Å²) in [5.74, 6) is 1.05. The molecule has 0 saturated heterocycles. The molecule has 3 aromatic rings. The lowest BCUT2D eigenvalue weighted by molar-refractivity contribution is 0.384. The summed E-state index contributed by atoms with van der Waals surface area (Å²) in [7, 11) is 4.19. The second-order valence-corrected chi connectivity index (χ2v) is 5.63. The van der Waals surface area contributed by atoms with Crippen molar-refractivity contribution in [2.75, 3.05) is 20.6 Å². The minimum atomic E-state index is 0.947. The van der Waals surface area contributed by atoms with Gasteiger partial charge >= 0.3 is 0 Å². The van der Waals surface area contributed by atoms with E-state index in [1.165, 1.54) is 16.5 Å². The Bertz CT molecular complexity index is 771. The van der Waals surface area contributed by atoms with Gasteiger partial charge in [0.2, 0.25) is 0 Å². The van der Waals surface area contributed by atoms with Gasteiger partial charge in [-0.15, -0.1) is 0 Å². The normalized spacial score (nSPS) is 11.0. The molecule has 0 aliphatic heterocycles. The van der Waals surface area contributed by atoms with Crippen LogP contribution in [0.4, 0.5) is 0 Å². The Morgan fingerprint density at radius 2 is 1.82 bits per heavy atom. The SMILES string of the molecule is CC.Cc1ccc2ncc3nc(C)n(CCN(C)C)c3c2c1. The van der Waals surface area contributed by atoms with Gasteiger partial charge < -0.3 is 9.47 Å². The molecule has 0 spiro atoms. The number of aryl methyl sites for hydroxylation is 2. The Hall–Kier alpha value is -1.94. The lowest BCUT2D eigenvalue weighted by Gasteiger charge is -2.13. The fourth-order valence-electron chi connectivity index (χ4n) is 2.62. The van der Waals surface area contributed by atoms with E-state index in [1.807, 2.05) is 20.0 Å². The average molecular weight is 298 g/mol. The predicted octanol–water partition coefficient (Wildman–Crippen LogP) is 3.79. The van der Waals surface area contributed by atoms with Crippen LogP contribution in [-0.4, -0.2) is 40.1 Å². The summed E-state index contributed by atoms with van der Waals surface area (Å²) in [5.41, 5.74) is 4.48. The Labute approximate surface area is 132 Å². The van der Waals surface area contributed by atoms with Gasteiger partial charge in [-0.3, -0.25) is 4.98 Å². The fourth-order valence-corrected chi connectivity index (χ4v) is 2.62. The molecule has 2 heterocycles. The zero-order valence-electron chi connectivity index (χ0n) is 14.5. The van der Waals surface area contributed by atoms with E-state index in [4.69, 9.17) is 0 Å². The van der Waals surface area contributed by atoms with Gasteiger partial charge in [-0.25, -0.2) is 4.98 Å². The summed E-state index contributed by atoms with van der Waals surface area (Å²) < 4.78 is 2.30. The molecule has 0 atom stereocenters. The van der Waals surface area contributed by atoms with Crippen molar-refractivity contribution in [2.24, 2.45) is 0 Å². The summed E-state index contributed by atoms with van der Waals surface area (Å²) >= 11 is 0. The van der Waals surface area contributed by atoms with Crippen molar-refractivity contribution < 1.29 is 0 Å². The molecule has 3 rings (SSSR count). The van der Waals surface area contributed by atoms with Crippen molar-refractivity contribution in [3.8, 4) is 0 Å². The molecule has 2 aromatic heterocycles. The lowest BCUT2D eigenvalue weighted by Crippen LogP contribution is -2.19. The van der Waals surface area contributed by atoms with Gasteiger partial charge in [-0.1, -0.05) is 25.5 Å². The van der Waals surface area contributed by atoms with Crippen LogP contribution in [-0.2, 0) is 6.54 Å². The van der Waals surface area contributed by atoms with Crippen molar-refractivity contribution in [3.63, 3.8) is 0 Å². The van der Waals surface area contributed by atoms with Crippen LogP contribution in [0, 0.1) is 13.8 Å². The Balaban J connectivity index is 0.000000847. The molecular weight excluding hydrogens is 272 g/mol. The smallest absolute Gasteiger partial charge is 0.108 e. The largest absolute Gasteiger partial charge is 0.326 e. The van der Waals surface area contributed by atoms with Gasteiger partial charge in [0.05, 0.1) is 17.2 Å². The van der Waals surface area contributed by atoms with E-state index in [-0.39, 0.29) is 0 Å². The highest BCUT2D eigenvalue weighted by Gasteiger charge is 2.11. The minimum absolute atomic E-state index is 0.947. The van der Waals surface area contributed by atoms with E-state index >= 15 is 0 Å². The molecule has 0 N–H and O–H groups in total. The van der Waals surface area contributed by atoms with Crippen LogP contribution in [0.15, 0.2) is 24.4 Å². The van der Waals surface area contributed by atoms with Crippen molar-refractivity contribution in [1.82, 2.24) is 19.4 Å². The molecule has 0 bridgehead atoms. The molecule has 0 fully saturated rings. The molecule has 22 heavy (non-hydrogen) atoms. The van der Waals surface area contributed by atoms with E-state index in [2.05, 4.69) is 65.6 Å². The van der Waals surface area contributed by atoms with Gasteiger partial charge in [0, 0.05) is 18.5 Å². The number of likely N-dealkylation sites (N-methyl/N-ethyl adjacent to an activating group) is 1. The molecule has 0 unspecified atom stereocenters. The standard InChI is InChI=1S/C16H20N4.C2H6/c1-11-5-6-14-13(9-11)16-15(10-17-14)18-12(2)20(16)8-7-19(3)4;1-2/h5-6,9-10H,7-8H2,1-4H3;1-2H3. The number of nitrogens with zero attached hydrogens (tertiary/aromatic N) is 4. The summed E-state index contributed by atoms with van der Waals surface area (Å²) in [4.78, 5) is 11.4. The molecule has 0 aliphatic carbocycles. The summed E-state index contributed by atoms with van der Waals surface area (Å²) in [6.45, 7) is 10.1. The Morgan fingerprint density at radius 1 is 1.09 bits per heavy atom. The minimum Gasteiger partial charge on any atom is -0.326 e. The highest BCUT2D eigenvalue weighted by atomic mass is 15.1. The number of imidazole rings is 1. The maximum Gasteiger partial charge on any atom is 0.108 e. The van der Waals surface area contributed by atoms with Gasteiger partial charge in [0.15, 0.2) is 0 Å². The number of rotatable bonds is 3. The average Bonchev–Trinajstić information content (AvgIpc) is 2.83. The molecular formula is C18H26N4. The van der Waals surface area contributed by atoms with Gasteiger partial charge in [0.25, 0.3) is 0 Å². The third kappa shape index (κ3) is 3.12. The molecule has 0 aliphatic rings. The van der Waals surface area contributed by atoms with E-state index in [9.17, 15) is 0 Å². The number of aromatic nitrogens is 3. The van der Waals surface area contributed by atoms with Crippen molar-refractivity contribution in [1.29, 1.82) is 0 Å². The second-order valence-electron chi connectivity index (χ2n) is 5.63. The molecule has 4 nitrogen and oxygen atoms in total. The highest BCUT2D eigenvalue weighted by molar-refractivity contribution is 6.02. The van der Waals surface area contributed by atoms with E-state index in [0.29, 0.717) is 0 Å². The van der Waals surface area contributed by atoms with Crippen molar-refractivity contribution in [2.45, 2.75) is 34.2 Å². The Kier molecular flexibility index (Phi) is 5.14. The van der Waals surface area contributed by atoms with E-state index < -0.39 is 0 Å². The molecule has 0 saturated carbocycles.